The van der Waals surface area contributed by atoms with Gasteiger partial charge in [0.2, 0.25) is 0 Å². The molecule has 0 amide bonds. The van der Waals surface area contributed by atoms with E-state index in [9.17, 15) is 8.42 Å². The Morgan fingerprint density at radius 2 is 2.00 bits per heavy atom. The van der Waals surface area contributed by atoms with Crippen LogP contribution in [0.15, 0.2) is 41.8 Å². The van der Waals surface area contributed by atoms with Crippen molar-refractivity contribution >= 4 is 21.6 Å². The lowest BCUT2D eigenvalue weighted by atomic mass is 9.95. The zero-order valence-corrected chi connectivity index (χ0v) is 13.6. The predicted octanol–water partition coefficient (Wildman–Crippen LogP) is 3.02. The Labute approximate surface area is 135 Å². The highest BCUT2D eigenvalue weighted by molar-refractivity contribution is 7.89. The Balaban J connectivity index is 1.85. The van der Waals surface area contributed by atoms with Gasteiger partial charge in [-0.25, -0.2) is 13.4 Å². The van der Waals surface area contributed by atoms with Crippen molar-refractivity contribution in [2.45, 2.75) is 30.2 Å². The molecule has 7 heteroatoms. The van der Waals surface area contributed by atoms with Crippen molar-refractivity contribution in [3.63, 3.8) is 0 Å². The van der Waals surface area contributed by atoms with Crippen molar-refractivity contribution < 1.29 is 8.42 Å². The highest BCUT2D eigenvalue weighted by Crippen LogP contribution is 2.29. The van der Waals surface area contributed by atoms with Crippen molar-refractivity contribution in [1.82, 2.24) is 14.3 Å². The van der Waals surface area contributed by atoms with Gasteiger partial charge in [-0.1, -0.05) is 30.2 Å². The summed E-state index contributed by atoms with van der Waals surface area (Å²) in [5.41, 5.74) is 1.14. The zero-order valence-electron chi connectivity index (χ0n) is 12.1. The van der Waals surface area contributed by atoms with Gasteiger partial charge in [-0.15, -0.1) is 0 Å². The first-order valence-corrected chi connectivity index (χ1v) is 9.13. The van der Waals surface area contributed by atoms with E-state index >= 15 is 0 Å². The summed E-state index contributed by atoms with van der Waals surface area (Å²) in [5, 5.41) is 0.851. The number of imidazole rings is 1. The molecule has 118 valence electrons. The van der Waals surface area contributed by atoms with E-state index in [1.54, 1.807) is 4.31 Å². The summed E-state index contributed by atoms with van der Waals surface area (Å²) < 4.78 is 26.9. The molecule has 0 saturated carbocycles. The predicted molar refractivity (Wildman–Crippen MR) is 85.4 cm³/mol. The van der Waals surface area contributed by atoms with Crippen molar-refractivity contribution in [1.29, 1.82) is 0 Å². The van der Waals surface area contributed by atoms with E-state index in [1.165, 1.54) is 12.5 Å². The Hall–Kier alpha value is -1.37. The molecule has 1 aromatic heterocycles. The van der Waals surface area contributed by atoms with Crippen LogP contribution in [0.1, 0.15) is 30.7 Å². The van der Waals surface area contributed by atoms with Gasteiger partial charge in [0.15, 0.2) is 5.03 Å². The van der Waals surface area contributed by atoms with Crippen LogP contribution < -0.4 is 0 Å². The third-order valence-corrected chi connectivity index (χ3v) is 6.11. The second-order valence-corrected chi connectivity index (χ2v) is 7.87. The topological polar surface area (TPSA) is 66.1 Å². The number of hydrogen-bond donors (Lipinski definition) is 1. The van der Waals surface area contributed by atoms with Crippen LogP contribution in [0.4, 0.5) is 0 Å². The van der Waals surface area contributed by atoms with Gasteiger partial charge in [-0.3, -0.25) is 0 Å². The molecule has 3 rings (SSSR count). The van der Waals surface area contributed by atoms with E-state index in [4.69, 9.17) is 11.6 Å². The molecule has 2 aromatic rings. The van der Waals surface area contributed by atoms with E-state index < -0.39 is 10.0 Å². The molecule has 1 aliphatic heterocycles. The molecule has 1 aromatic carbocycles. The Morgan fingerprint density at radius 3 is 2.68 bits per heavy atom. The monoisotopic (exact) mass is 339 g/mol. The van der Waals surface area contributed by atoms with Gasteiger partial charge >= 0.3 is 0 Å². The fourth-order valence-corrected chi connectivity index (χ4v) is 4.40. The number of hydrogen-bond acceptors (Lipinski definition) is 3. The van der Waals surface area contributed by atoms with Crippen molar-refractivity contribution in [2.75, 3.05) is 13.1 Å². The first kappa shape index (κ1) is 15.5. The Kier molecular flexibility index (Phi) is 4.52. The highest BCUT2D eigenvalue weighted by Gasteiger charge is 2.30. The molecule has 1 saturated heterocycles. The highest BCUT2D eigenvalue weighted by atomic mass is 35.5. The van der Waals surface area contributed by atoms with Crippen LogP contribution in [0.3, 0.4) is 0 Å². The quantitative estimate of drug-likeness (QED) is 0.934. The summed E-state index contributed by atoms with van der Waals surface area (Å²) in [6.07, 6.45) is 5.62. The molecule has 2 heterocycles. The van der Waals surface area contributed by atoms with Gasteiger partial charge < -0.3 is 4.98 Å². The average Bonchev–Trinajstić information content (AvgIpc) is 2.94. The molecule has 22 heavy (non-hydrogen) atoms. The molecule has 5 nitrogen and oxygen atoms in total. The lowest BCUT2D eigenvalue weighted by molar-refractivity contribution is 0.405. The molecule has 1 N–H and O–H groups in total. The molecule has 1 fully saturated rings. The van der Waals surface area contributed by atoms with Gasteiger partial charge in [-0.05, 0) is 36.5 Å². The maximum atomic E-state index is 12.7. The number of sulfonamides is 1. The fourth-order valence-electron chi connectivity index (χ4n) is 2.86. The standard InChI is InChI=1S/C15H18ClN3O2S/c16-14-6-4-12(5-7-14)13-3-1-2-8-19(10-13)22(20,21)15-9-17-11-18-15/h4-7,9,11,13H,1-3,8,10H2,(H,17,18). The van der Waals surface area contributed by atoms with Crippen LogP contribution in [0.5, 0.6) is 0 Å². The van der Waals surface area contributed by atoms with Gasteiger partial charge in [0.05, 0.1) is 12.5 Å². The average molecular weight is 340 g/mol. The van der Waals surface area contributed by atoms with Gasteiger partial charge in [-0.2, -0.15) is 4.31 Å². The molecular formula is C15H18ClN3O2S. The molecule has 0 spiro atoms. The van der Waals surface area contributed by atoms with E-state index in [0.29, 0.717) is 18.1 Å². The van der Waals surface area contributed by atoms with E-state index in [-0.39, 0.29) is 10.9 Å². The Bertz CT molecular complexity index is 714. The smallest absolute Gasteiger partial charge is 0.260 e. The van der Waals surface area contributed by atoms with Crippen LogP contribution in [-0.2, 0) is 10.0 Å². The largest absolute Gasteiger partial charge is 0.335 e. The minimum atomic E-state index is -3.50. The number of nitrogens with one attached hydrogen (secondary N) is 1. The summed E-state index contributed by atoms with van der Waals surface area (Å²) in [7, 11) is -3.50. The molecule has 0 radical (unpaired) electrons. The van der Waals surface area contributed by atoms with Gasteiger partial charge in [0.25, 0.3) is 10.0 Å². The minimum Gasteiger partial charge on any atom is -0.335 e. The second kappa shape index (κ2) is 6.40. The van der Waals surface area contributed by atoms with Crippen molar-refractivity contribution in [3.8, 4) is 0 Å². The van der Waals surface area contributed by atoms with Gasteiger partial charge in [0.1, 0.15) is 0 Å². The number of halogens is 1. The van der Waals surface area contributed by atoms with E-state index in [0.717, 1.165) is 24.8 Å². The molecule has 0 bridgehead atoms. The number of H-pyrrole nitrogens is 1. The summed E-state index contributed by atoms with van der Waals surface area (Å²) in [5.74, 6) is 0.192. The first-order valence-electron chi connectivity index (χ1n) is 7.31. The number of nitrogens with zero attached hydrogens (tertiary/aromatic N) is 2. The SMILES string of the molecule is O=S(=O)(c1cnc[nH]1)N1CCCCC(c2ccc(Cl)cc2)C1. The molecular weight excluding hydrogens is 322 g/mol. The first-order chi connectivity index (χ1) is 10.6. The van der Waals surface area contributed by atoms with Crippen LogP contribution in [0.2, 0.25) is 5.02 Å². The summed E-state index contributed by atoms with van der Waals surface area (Å²) in [6, 6.07) is 7.68. The zero-order chi connectivity index (χ0) is 15.6. The van der Waals surface area contributed by atoms with Crippen LogP contribution >= 0.6 is 11.6 Å². The summed E-state index contributed by atoms with van der Waals surface area (Å²) >= 11 is 5.93. The third kappa shape index (κ3) is 3.19. The third-order valence-electron chi connectivity index (χ3n) is 4.07. The van der Waals surface area contributed by atoms with Gasteiger partial charge in [0, 0.05) is 18.1 Å². The van der Waals surface area contributed by atoms with Crippen LogP contribution in [-0.4, -0.2) is 35.8 Å². The number of aromatic nitrogens is 2. The number of benzene rings is 1. The van der Waals surface area contributed by atoms with Crippen molar-refractivity contribution in [2.24, 2.45) is 0 Å². The van der Waals surface area contributed by atoms with Crippen molar-refractivity contribution in [3.05, 3.63) is 47.4 Å². The maximum absolute atomic E-state index is 12.7. The Morgan fingerprint density at radius 1 is 1.23 bits per heavy atom. The van der Waals surface area contributed by atoms with E-state index in [2.05, 4.69) is 9.97 Å². The summed E-state index contributed by atoms with van der Waals surface area (Å²) in [4.78, 5) is 6.52. The minimum absolute atomic E-state index is 0.157. The molecule has 1 aliphatic rings. The molecule has 0 aliphatic carbocycles. The molecule has 1 unspecified atom stereocenters. The molecule has 1 atom stereocenters. The van der Waals surface area contributed by atoms with Crippen LogP contribution in [0.25, 0.3) is 0 Å². The maximum Gasteiger partial charge on any atom is 0.260 e. The number of rotatable bonds is 3. The lowest BCUT2D eigenvalue weighted by Gasteiger charge is -2.23. The van der Waals surface area contributed by atoms with Crippen LogP contribution in [0, 0.1) is 0 Å². The number of aromatic amines is 1. The summed E-state index contributed by atoms with van der Waals surface area (Å²) in [6.45, 7) is 1.04. The van der Waals surface area contributed by atoms with E-state index in [1.807, 2.05) is 24.3 Å². The fraction of sp³-hybridized carbons (Fsp3) is 0.400. The lowest BCUT2D eigenvalue weighted by Crippen LogP contribution is -2.34. The second-order valence-electron chi connectivity index (χ2n) is 5.52. The normalized spacial score (nSPS) is 20.7.